The second kappa shape index (κ2) is 8.57. The fourth-order valence-corrected chi connectivity index (χ4v) is 3.77. The van der Waals surface area contributed by atoms with Crippen molar-refractivity contribution >= 4 is 16.6 Å². The molecule has 5 nitrogen and oxygen atoms in total. The van der Waals surface area contributed by atoms with Gasteiger partial charge < -0.3 is 15.4 Å². The van der Waals surface area contributed by atoms with Crippen molar-refractivity contribution in [3.8, 4) is 5.88 Å². The van der Waals surface area contributed by atoms with Gasteiger partial charge in [0.15, 0.2) is 0 Å². The first-order valence-corrected chi connectivity index (χ1v) is 10.1. The monoisotopic (exact) mass is 376 g/mol. The average molecular weight is 377 g/mol. The van der Waals surface area contributed by atoms with E-state index in [1.807, 2.05) is 18.3 Å². The Labute approximate surface area is 166 Å². The number of ether oxygens (including phenoxy) is 1. The highest BCUT2D eigenvalue weighted by Crippen LogP contribution is 2.21. The summed E-state index contributed by atoms with van der Waals surface area (Å²) >= 11 is 0. The summed E-state index contributed by atoms with van der Waals surface area (Å²) in [6.45, 7) is 3.10. The Bertz CT molecular complexity index is 918. The van der Waals surface area contributed by atoms with Crippen molar-refractivity contribution in [3.05, 3.63) is 59.9 Å². The van der Waals surface area contributed by atoms with E-state index in [1.165, 1.54) is 24.0 Å². The first-order chi connectivity index (χ1) is 13.7. The van der Waals surface area contributed by atoms with Crippen LogP contribution in [0, 0.1) is 5.92 Å². The lowest BCUT2D eigenvalue weighted by atomic mass is 9.98. The number of nitrogen functional groups attached to an aromatic ring is 1. The number of nitrogens with zero attached hydrogens (tertiary/aromatic N) is 3. The van der Waals surface area contributed by atoms with Crippen molar-refractivity contribution in [3.63, 3.8) is 0 Å². The molecule has 0 atom stereocenters. The Morgan fingerprint density at radius 1 is 1.04 bits per heavy atom. The lowest BCUT2D eigenvalue weighted by Crippen LogP contribution is -2.32. The third-order valence-corrected chi connectivity index (χ3v) is 5.66. The van der Waals surface area contributed by atoms with Gasteiger partial charge >= 0.3 is 0 Å². The van der Waals surface area contributed by atoms with E-state index < -0.39 is 0 Å². The Balaban J connectivity index is 1.30. The summed E-state index contributed by atoms with van der Waals surface area (Å²) in [4.78, 5) is 11.0. The maximum Gasteiger partial charge on any atom is 0.213 e. The topological polar surface area (TPSA) is 64.3 Å². The van der Waals surface area contributed by atoms with Crippen LogP contribution in [0.15, 0.2) is 48.8 Å². The molecule has 1 saturated heterocycles. The van der Waals surface area contributed by atoms with Gasteiger partial charge in [0.25, 0.3) is 0 Å². The zero-order valence-corrected chi connectivity index (χ0v) is 16.5. The van der Waals surface area contributed by atoms with Crippen LogP contribution in [0.4, 0.5) is 5.82 Å². The zero-order chi connectivity index (χ0) is 19.3. The number of nitrogens with two attached hydrogens (primary N) is 1. The Morgan fingerprint density at radius 2 is 1.82 bits per heavy atom. The van der Waals surface area contributed by atoms with Gasteiger partial charge in [0.05, 0.1) is 6.61 Å². The predicted molar refractivity (Wildman–Crippen MR) is 114 cm³/mol. The maximum absolute atomic E-state index is 5.93. The van der Waals surface area contributed by atoms with E-state index in [9.17, 15) is 0 Å². The SMILES string of the molecule is CN1CCC(COc2ccc(CCc3ccc4c(N)nccc4c3)cn2)CC1. The molecule has 1 fully saturated rings. The summed E-state index contributed by atoms with van der Waals surface area (Å²) in [5.41, 5.74) is 8.45. The van der Waals surface area contributed by atoms with E-state index in [0.29, 0.717) is 11.7 Å². The maximum atomic E-state index is 5.93. The molecular formula is C23H28N4O. The first-order valence-electron chi connectivity index (χ1n) is 10.1. The van der Waals surface area contributed by atoms with E-state index in [2.05, 4.69) is 46.2 Å². The third kappa shape index (κ3) is 4.60. The zero-order valence-electron chi connectivity index (χ0n) is 16.5. The molecular weight excluding hydrogens is 348 g/mol. The number of aromatic nitrogens is 2. The molecule has 5 heteroatoms. The minimum absolute atomic E-state index is 0.587. The average Bonchev–Trinajstić information content (AvgIpc) is 2.73. The van der Waals surface area contributed by atoms with Crippen molar-refractivity contribution in [1.82, 2.24) is 14.9 Å². The quantitative estimate of drug-likeness (QED) is 0.710. The van der Waals surface area contributed by atoms with Crippen LogP contribution in [0.25, 0.3) is 10.8 Å². The van der Waals surface area contributed by atoms with Gasteiger partial charge in [-0.2, -0.15) is 0 Å². The first kappa shape index (κ1) is 18.7. The van der Waals surface area contributed by atoms with Crippen molar-refractivity contribution < 1.29 is 4.74 Å². The van der Waals surface area contributed by atoms with Crippen LogP contribution < -0.4 is 10.5 Å². The lowest BCUT2D eigenvalue weighted by molar-refractivity contribution is 0.157. The molecule has 0 radical (unpaired) electrons. The molecule has 4 rings (SSSR count). The van der Waals surface area contributed by atoms with Gasteiger partial charge in [-0.15, -0.1) is 0 Å². The summed E-state index contributed by atoms with van der Waals surface area (Å²) < 4.78 is 5.91. The standard InChI is InChI=1S/C23H28N4O/c1-27-12-9-19(10-13-27)16-28-22-7-5-18(15-26-22)3-2-17-4-6-21-20(14-17)8-11-25-23(21)24/h4-8,11,14-15,19H,2-3,9-10,12-13,16H2,1H3,(H2,24,25). The van der Waals surface area contributed by atoms with Crippen LogP contribution >= 0.6 is 0 Å². The number of hydrogen-bond donors (Lipinski definition) is 1. The highest BCUT2D eigenvalue weighted by atomic mass is 16.5. The van der Waals surface area contributed by atoms with E-state index in [1.54, 1.807) is 6.20 Å². The van der Waals surface area contributed by atoms with Crippen molar-refractivity contribution in [2.45, 2.75) is 25.7 Å². The minimum atomic E-state index is 0.587. The van der Waals surface area contributed by atoms with Gasteiger partial charge in [-0.1, -0.05) is 24.3 Å². The molecule has 0 saturated carbocycles. The molecule has 0 aliphatic carbocycles. The normalized spacial score (nSPS) is 15.8. The summed E-state index contributed by atoms with van der Waals surface area (Å²) in [6.07, 6.45) is 8.04. The van der Waals surface area contributed by atoms with Gasteiger partial charge in [-0.05, 0) is 74.3 Å². The lowest BCUT2D eigenvalue weighted by Gasteiger charge is -2.28. The fraction of sp³-hybridized carbons (Fsp3) is 0.391. The summed E-state index contributed by atoms with van der Waals surface area (Å²) in [7, 11) is 2.18. The number of piperidine rings is 1. The number of anilines is 1. The van der Waals surface area contributed by atoms with E-state index >= 15 is 0 Å². The van der Waals surface area contributed by atoms with Gasteiger partial charge in [0.1, 0.15) is 5.82 Å². The number of likely N-dealkylation sites (tertiary alicyclic amines) is 1. The van der Waals surface area contributed by atoms with E-state index in [4.69, 9.17) is 10.5 Å². The minimum Gasteiger partial charge on any atom is -0.477 e. The van der Waals surface area contributed by atoms with Crippen LogP contribution in [0.2, 0.25) is 0 Å². The van der Waals surface area contributed by atoms with Crippen molar-refractivity contribution in [1.29, 1.82) is 0 Å². The highest BCUT2D eigenvalue weighted by molar-refractivity contribution is 5.91. The van der Waals surface area contributed by atoms with Crippen LogP contribution in [0.1, 0.15) is 24.0 Å². The fourth-order valence-electron chi connectivity index (χ4n) is 3.77. The number of aryl methyl sites for hydroxylation is 2. The van der Waals surface area contributed by atoms with Crippen molar-refractivity contribution in [2.24, 2.45) is 5.92 Å². The van der Waals surface area contributed by atoms with Gasteiger partial charge in [-0.25, -0.2) is 9.97 Å². The molecule has 0 bridgehead atoms. The van der Waals surface area contributed by atoms with E-state index in [0.717, 1.165) is 49.2 Å². The number of rotatable bonds is 6. The second-order valence-electron chi connectivity index (χ2n) is 7.81. The molecule has 3 heterocycles. The molecule has 0 spiro atoms. The number of pyridine rings is 2. The molecule has 0 amide bonds. The Kier molecular flexibility index (Phi) is 5.72. The molecule has 1 aliphatic rings. The second-order valence-corrected chi connectivity index (χ2v) is 7.81. The summed E-state index contributed by atoms with van der Waals surface area (Å²) in [5, 5.41) is 2.15. The molecule has 3 aromatic rings. The van der Waals surface area contributed by atoms with Crippen molar-refractivity contribution in [2.75, 3.05) is 32.5 Å². The smallest absolute Gasteiger partial charge is 0.213 e. The highest BCUT2D eigenvalue weighted by Gasteiger charge is 2.17. The van der Waals surface area contributed by atoms with Crippen LogP contribution in [0.5, 0.6) is 5.88 Å². The molecule has 2 aromatic heterocycles. The summed E-state index contributed by atoms with van der Waals surface area (Å²) in [6, 6.07) is 12.5. The molecule has 146 valence electrons. The number of fused-ring (bicyclic) bond motifs is 1. The van der Waals surface area contributed by atoms with Crippen LogP contribution in [-0.4, -0.2) is 41.6 Å². The summed E-state index contributed by atoms with van der Waals surface area (Å²) in [5.74, 6) is 1.97. The molecule has 0 unspecified atom stereocenters. The van der Waals surface area contributed by atoms with Gasteiger partial charge in [0.2, 0.25) is 5.88 Å². The number of hydrogen-bond acceptors (Lipinski definition) is 5. The van der Waals surface area contributed by atoms with Crippen LogP contribution in [-0.2, 0) is 12.8 Å². The predicted octanol–water partition coefficient (Wildman–Crippen LogP) is 3.72. The number of benzene rings is 1. The Hall–Kier alpha value is -2.66. The van der Waals surface area contributed by atoms with Gasteiger partial charge in [0, 0.05) is 23.8 Å². The molecule has 28 heavy (non-hydrogen) atoms. The van der Waals surface area contributed by atoms with Crippen LogP contribution in [0.3, 0.4) is 0 Å². The molecule has 2 N–H and O–H groups in total. The third-order valence-electron chi connectivity index (χ3n) is 5.66. The molecule has 1 aliphatic heterocycles. The Morgan fingerprint density at radius 3 is 2.61 bits per heavy atom. The largest absolute Gasteiger partial charge is 0.477 e. The molecule has 1 aromatic carbocycles. The van der Waals surface area contributed by atoms with Gasteiger partial charge in [-0.3, -0.25) is 0 Å². The van der Waals surface area contributed by atoms with E-state index in [-0.39, 0.29) is 0 Å².